The van der Waals surface area contributed by atoms with E-state index in [1.54, 1.807) is 24.3 Å². The maximum atomic E-state index is 13.7. The summed E-state index contributed by atoms with van der Waals surface area (Å²) in [6.45, 7) is -0.682. The number of hydrogen-bond donors (Lipinski definition) is 6. The first kappa shape index (κ1) is 30.1. The normalized spacial score (nSPS) is 26.9. The Hall–Kier alpha value is -3.88. The SMILES string of the molecule is O=C(CN1C(=O)[C@H](N[C@@H](CCc2ccccc2)C(=O)O)CCc2ccccc21)OC1OC(C(=O)O)C(O)C(O)C1O. The van der Waals surface area contributed by atoms with Crippen LogP contribution in [0.4, 0.5) is 5.69 Å². The largest absolute Gasteiger partial charge is 0.480 e. The zero-order valence-electron chi connectivity index (χ0n) is 21.9. The number of anilines is 1. The third-order valence-electron chi connectivity index (χ3n) is 7.16. The highest BCUT2D eigenvalue weighted by Gasteiger charge is 2.49. The second-order valence-corrected chi connectivity index (χ2v) is 9.95. The molecule has 7 atom stereocenters. The number of nitrogens with zero attached hydrogens (tertiary/aromatic N) is 1. The molecule has 2 aromatic carbocycles. The van der Waals surface area contributed by atoms with E-state index in [0.29, 0.717) is 18.5 Å². The predicted octanol–water partition coefficient (Wildman–Crippen LogP) is -0.555. The van der Waals surface area contributed by atoms with Crippen LogP contribution in [-0.4, -0.2) is 98.7 Å². The van der Waals surface area contributed by atoms with Gasteiger partial charge in [-0.05, 0) is 42.9 Å². The monoisotopic (exact) mass is 572 g/mol. The van der Waals surface area contributed by atoms with Crippen molar-refractivity contribution in [3.63, 3.8) is 0 Å². The zero-order chi connectivity index (χ0) is 29.7. The molecule has 0 aromatic heterocycles. The molecular weight excluding hydrogens is 540 g/mol. The number of aliphatic carboxylic acids is 2. The first-order valence-corrected chi connectivity index (χ1v) is 13.1. The number of carbonyl (C=O) groups excluding carboxylic acids is 2. The molecule has 0 saturated carbocycles. The number of carboxylic acid groups (broad SMARTS) is 2. The van der Waals surface area contributed by atoms with Gasteiger partial charge in [0.25, 0.3) is 0 Å². The van der Waals surface area contributed by atoms with Gasteiger partial charge < -0.3 is 35.0 Å². The first-order valence-electron chi connectivity index (χ1n) is 13.1. The number of para-hydroxylation sites is 1. The van der Waals surface area contributed by atoms with Crippen molar-refractivity contribution in [2.45, 2.75) is 68.5 Å². The molecule has 2 aliphatic rings. The van der Waals surface area contributed by atoms with Gasteiger partial charge in [0.15, 0.2) is 6.10 Å². The van der Waals surface area contributed by atoms with E-state index in [9.17, 15) is 44.7 Å². The number of aliphatic hydroxyl groups is 3. The number of rotatable bonds is 10. The summed E-state index contributed by atoms with van der Waals surface area (Å²) in [6, 6.07) is 14.1. The van der Waals surface area contributed by atoms with Crippen LogP contribution in [0.1, 0.15) is 24.0 Å². The molecule has 13 heteroatoms. The van der Waals surface area contributed by atoms with Crippen molar-refractivity contribution in [2.75, 3.05) is 11.4 Å². The van der Waals surface area contributed by atoms with Gasteiger partial charge in [-0.3, -0.25) is 24.6 Å². The van der Waals surface area contributed by atoms with Gasteiger partial charge in [0.2, 0.25) is 12.2 Å². The van der Waals surface area contributed by atoms with Crippen molar-refractivity contribution in [2.24, 2.45) is 0 Å². The maximum absolute atomic E-state index is 13.7. The molecule has 6 N–H and O–H groups in total. The van der Waals surface area contributed by atoms with Gasteiger partial charge in [-0.15, -0.1) is 0 Å². The number of ether oxygens (including phenoxy) is 2. The number of esters is 1. The van der Waals surface area contributed by atoms with Crippen molar-refractivity contribution in [1.82, 2.24) is 5.32 Å². The van der Waals surface area contributed by atoms with Crippen LogP contribution in [0.3, 0.4) is 0 Å². The Morgan fingerprint density at radius 1 is 0.976 bits per heavy atom. The molecular formula is C28H32N2O11. The van der Waals surface area contributed by atoms with Crippen LogP contribution in [0.5, 0.6) is 0 Å². The minimum absolute atomic E-state index is 0.216. The predicted molar refractivity (Wildman–Crippen MR) is 141 cm³/mol. The molecule has 41 heavy (non-hydrogen) atoms. The fourth-order valence-electron chi connectivity index (χ4n) is 4.96. The molecule has 2 aliphatic heterocycles. The van der Waals surface area contributed by atoms with E-state index < -0.39 is 73.1 Å². The van der Waals surface area contributed by atoms with Crippen molar-refractivity contribution in [1.29, 1.82) is 0 Å². The number of benzene rings is 2. The molecule has 1 fully saturated rings. The molecule has 13 nitrogen and oxygen atoms in total. The van der Waals surface area contributed by atoms with Crippen LogP contribution in [0.25, 0.3) is 0 Å². The lowest BCUT2D eigenvalue weighted by molar-refractivity contribution is -0.285. The van der Waals surface area contributed by atoms with Crippen molar-refractivity contribution >= 4 is 29.5 Å². The molecule has 0 spiro atoms. The summed E-state index contributed by atoms with van der Waals surface area (Å²) in [4.78, 5) is 51.2. The van der Waals surface area contributed by atoms with Crippen LogP contribution in [-0.2, 0) is 41.5 Å². The molecule has 0 aliphatic carbocycles. The lowest BCUT2D eigenvalue weighted by atomic mass is 9.99. The number of carboxylic acids is 2. The van der Waals surface area contributed by atoms with Gasteiger partial charge >= 0.3 is 17.9 Å². The van der Waals surface area contributed by atoms with E-state index in [4.69, 9.17) is 9.47 Å². The summed E-state index contributed by atoms with van der Waals surface area (Å²) in [5.41, 5.74) is 2.07. The van der Waals surface area contributed by atoms with Crippen molar-refractivity contribution in [3.05, 3.63) is 65.7 Å². The minimum atomic E-state index is -1.97. The van der Waals surface area contributed by atoms with Gasteiger partial charge in [-0.2, -0.15) is 0 Å². The zero-order valence-corrected chi connectivity index (χ0v) is 21.9. The average Bonchev–Trinajstić information content (AvgIpc) is 3.08. The lowest BCUT2D eigenvalue weighted by Gasteiger charge is -2.38. The number of amides is 1. The van der Waals surface area contributed by atoms with E-state index in [-0.39, 0.29) is 12.8 Å². The molecule has 1 saturated heterocycles. The van der Waals surface area contributed by atoms with Crippen LogP contribution in [0.15, 0.2) is 54.6 Å². The van der Waals surface area contributed by atoms with Gasteiger partial charge in [0.1, 0.15) is 30.9 Å². The number of fused-ring (bicyclic) bond motifs is 1. The Balaban J connectivity index is 1.50. The second-order valence-electron chi connectivity index (χ2n) is 9.95. The van der Waals surface area contributed by atoms with Crippen molar-refractivity contribution in [3.8, 4) is 0 Å². The van der Waals surface area contributed by atoms with Crippen LogP contribution in [0.2, 0.25) is 0 Å². The molecule has 0 radical (unpaired) electrons. The Morgan fingerprint density at radius 3 is 2.34 bits per heavy atom. The topological polar surface area (TPSA) is 203 Å². The summed E-state index contributed by atoms with van der Waals surface area (Å²) >= 11 is 0. The summed E-state index contributed by atoms with van der Waals surface area (Å²) < 4.78 is 10.1. The highest BCUT2D eigenvalue weighted by atomic mass is 16.7. The summed E-state index contributed by atoms with van der Waals surface area (Å²) in [6.07, 6.45) is -8.44. The Kier molecular flexibility index (Phi) is 9.68. The number of aliphatic hydroxyl groups excluding tert-OH is 3. The first-order chi connectivity index (χ1) is 19.6. The van der Waals surface area contributed by atoms with Crippen LogP contribution in [0, 0.1) is 0 Å². The molecule has 2 aromatic rings. The Morgan fingerprint density at radius 2 is 1.66 bits per heavy atom. The number of carbonyl (C=O) groups is 4. The molecule has 1 amide bonds. The Bertz CT molecular complexity index is 1260. The molecule has 5 unspecified atom stereocenters. The minimum Gasteiger partial charge on any atom is -0.480 e. The Labute approximate surface area is 234 Å². The highest BCUT2D eigenvalue weighted by Crippen LogP contribution is 2.28. The van der Waals surface area contributed by atoms with E-state index in [0.717, 1.165) is 16.0 Å². The summed E-state index contributed by atoms with van der Waals surface area (Å²) in [7, 11) is 0. The van der Waals surface area contributed by atoms with Crippen LogP contribution < -0.4 is 10.2 Å². The van der Waals surface area contributed by atoms with Gasteiger partial charge in [0, 0.05) is 5.69 Å². The van der Waals surface area contributed by atoms with E-state index in [2.05, 4.69) is 5.32 Å². The van der Waals surface area contributed by atoms with Crippen LogP contribution >= 0.6 is 0 Å². The summed E-state index contributed by atoms with van der Waals surface area (Å²) in [5.74, 6) is -4.44. The van der Waals surface area contributed by atoms with Gasteiger partial charge in [-0.1, -0.05) is 48.5 Å². The number of aryl methyl sites for hydroxylation is 2. The van der Waals surface area contributed by atoms with E-state index in [1.165, 1.54) is 0 Å². The van der Waals surface area contributed by atoms with Gasteiger partial charge in [-0.25, -0.2) is 4.79 Å². The standard InChI is InChI=1S/C28H32N2O11/c31-20(40-28-23(34)21(32)22(33)24(41-28)27(38)39)14-30-19-9-5-4-8-16(19)11-13-17(25(30)35)29-18(26(36)37)12-10-15-6-2-1-3-7-15/h1-9,17-18,21-24,28-29,32-34H,10-14H2,(H,36,37)(H,38,39)/t17-,18+,21?,22?,23?,24?,28?/m1/s1. The molecule has 2 heterocycles. The fourth-order valence-corrected chi connectivity index (χ4v) is 4.96. The smallest absolute Gasteiger partial charge is 0.335 e. The third kappa shape index (κ3) is 7.07. The second kappa shape index (κ2) is 13.2. The van der Waals surface area contributed by atoms with Gasteiger partial charge in [0.05, 0.1) is 6.04 Å². The number of hydrogen-bond acceptors (Lipinski definition) is 10. The summed E-state index contributed by atoms with van der Waals surface area (Å²) in [5, 5.41) is 52.1. The fraction of sp³-hybridized carbons (Fsp3) is 0.429. The third-order valence-corrected chi connectivity index (χ3v) is 7.16. The van der Waals surface area contributed by atoms with E-state index in [1.807, 2.05) is 30.3 Å². The maximum Gasteiger partial charge on any atom is 0.335 e. The van der Waals surface area contributed by atoms with E-state index >= 15 is 0 Å². The molecule has 220 valence electrons. The molecule has 0 bridgehead atoms. The average molecular weight is 573 g/mol. The van der Waals surface area contributed by atoms with Crippen molar-refractivity contribution < 1.29 is 54.2 Å². The number of nitrogens with one attached hydrogen (secondary N) is 1. The quantitative estimate of drug-likeness (QED) is 0.199. The highest BCUT2D eigenvalue weighted by molar-refractivity contribution is 6.02. The lowest BCUT2D eigenvalue weighted by Crippen LogP contribution is -2.61. The molecule has 4 rings (SSSR count).